The second-order valence-electron chi connectivity index (χ2n) is 4.23. The molecule has 0 aliphatic rings. The molecule has 94 valence electrons. The first-order valence-electron chi connectivity index (χ1n) is 5.77. The molecule has 1 heterocycles. The highest BCUT2D eigenvalue weighted by Gasteiger charge is 2.13. The average Bonchev–Trinajstić information content (AvgIpc) is 2.39. The van der Waals surface area contributed by atoms with Crippen LogP contribution >= 0.6 is 15.9 Å². The topological polar surface area (TPSA) is 53.1 Å². The number of nitrogens with one attached hydrogen (secondary N) is 1. The van der Waals surface area contributed by atoms with E-state index in [9.17, 15) is 9.90 Å². The van der Waals surface area contributed by atoms with Gasteiger partial charge in [0.2, 0.25) is 0 Å². The summed E-state index contributed by atoms with van der Waals surface area (Å²) < 4.78 is 0.850. The van der Waals surface area contributed by atoms with Crippen molar-refractivity contribution >= 4 is 26.8 Å². The summed E-state index contributed by atoms with van der Waals surface area (Å²) in [5, 5.41) is 11.0. The lowest BCUT2D eigenvalue weighted by Crippen LogP contribution is -2.09. The van der Waals surface area contributed by atoms with E-state index in [-0.39, 0.29) is 11.3 Å². The quantitative estimate of drug-likeness (QED) is 0.720. The first-order chi connectivity index (χ1) is 9.16. The molecule has 0 saturated heterocycles. The van der Waals surface area contributed by atoms with Gasteiger partial charge in [-0.2, -0.15) is 0 Å². The number of benzene rings is 2. The van der Waals surface area contributed by atoms with Crippen molar-refractivity contribution in [3.63, 3.8) is 0 Å². The summed E-state index contributed by atoms with van der Waals surface area (Å²) in [6, 6.07) is 14.5. The van der Waals surface area contributed by atoms with Crippen LogP contribution in [0, 0.1) is 0 Å². The van der Waals surface area contributed by atoms with Gasteiger partial charge in [0.05, 0.1) is 11.1 Å². The highest BCUT2D eigenvalue weighted by atomic mass is 79.9. The molecule has 19 heavy (non-hydrogen) atoms. The molecule has 0 atom stereocenters. The Hall–Kier alpha value is -2.07. The molecule has 3 aromatic rings. The van der Waals surface area contributed by atoms with Crippen molar-refractivity contribution in [3.05, 3.63) is 63.4 Å². The molecule has 2 aromatic carbocycles. The summed E-state index contributed by atoms with van der Waals surface area (Å²) in [5.74, 6) is 0.0115. The number of aromatic hydroxyl groups is 1. The normalized spacial score (nSPS) is 10.8. The standard InChI is InChI=1S/C15H10BrNO2/c16-10-6-7-11-12(8-10)17-15(19)13(14(11)18)9-4-2-1-3-5-9/h1-8H,(H2,17,18,19). The van der Waals surface area contributed by atoms with Gasteiger partial charge in [-0.15, -0.1) is 0 Å². The maximum Gasteiger partial charge on any atom is 0.260 e. The molecule has 0 amide bonds. The van der Waals surface area contributed by atoms with Crippen LogP contribution in [0.15, 0.2) is 57.8 Å². The first-order valence-corrected chi connectivity index (χ1v) is 6.56. The number of pyridine rings is 1. The predicted octanol–water partition coefficient (Wildman–Crippen LogP) is 3.66. The Labute approximate surface area is 117 Å². The van der Waals surface area contributed by atoms with Crippen LogP contribution in [0.25, 0.3) is 22.0 Å². The third-order valence-corrected chi connectivity index (χ3v) is 3.50. The summed E-state index contributed by atoms with van der Waals surface area (Å²) in [7, 11) is 0. The molecule has 1 aromatic heterocycles. The van der Waals surface area contributed by atoms with E-state index in [0.29, 0.717) is 22.0 Å². The van der Waals surface area contributed by atoms with Crippen LogP contribution in [-0.2, 0) is 0 Å². The molecule has 2 N–H and O–H groups in total. The lowest BCUT2D eigenvalue weighted by Gasteiger charge is -2.07. The van der Waals surface area contributed by atoms with Crippen LogP contribution in [0.3, 0.4) is 0 Å². The zero-order valence-corrected chi connectivity index (χ0v) is 11.4. The maximum atomic E-state index is 12.1. The highest BCUT2D eigenvalue weighted by Crippen LogP contribution is 2.32. The van der Waals surface area contributed by atoms with Crippen LogP contribution in [0.2, 0.25) is 0 Å². The number of fused-ring (bicyclic) bond motifs is 1. The van der Waals surface area contributed by atoms with Crippen LogP contribution in [0.4, 0.5) is 0 Å². The Kier molecular flexibility index (Phi) is 2.87. The Bertz CT molecular complexity index is 809. The van der Waals surface area contributed by atoms with Crippen molar-refractivity contribution < 1.29 is 5.11 Å². The van der Waals surface area contributed by atoms with Gasteiger partial charge in [-0.3, -0.25) is 4.79 Å². The van der Waals surface area contributed by atoms with Gasteiger partial charge in [-0.05, 0) is 23.8 Å². The average molecular weight is 316 g/mol. The van der Waals surface area contributed by atoms with E-state index in [1.54, 1.807) is 24.3 Å². The van der Waals surface area contributed by atoms with Crippen molar-refractivity contribution in [2.24, 2.45) is 0 Å². The first kappa shape index (κ1) is 12.0. The number of aromatic amines is 1. The fourth-order valence-corrected chi connectivity index (χ4v) is 2.49. The van der Waals surface area contributed by atoms with Crippen LogP contribution < -0.4 is 5.56 Å². The van der Waals surface area contributed by atoms with Crippen molar-refractivity contribution in [2.45, 2.75) is 0 Å². The Morgan fingerprint density at radius 3 is 2.53 bits per heavy atom. The highest BCUT2D eigenvalue weighted by molar-refractivity contribution is 9.10. The minimum Gasteiger partial charge on any atom is -0.506 e. The van der Waals surface area contributed by atoms with Crippen molar-refractivity contribution in [2.75, 3.05) is 0 Å². The molecule has 0 saturated carbocycles. The second-order valence-corrected chi connectivity index (χ2v) is 5.15. The van der Waals surface area contributed by atoms with Crippen LogP contribution in [0.1, 0.15) is 0 Å². The molecular formula is C15H10BrNO2. The van der Waals surface area contributed by atoms with E-state index in [0.717, 1.165) is 4.47 Å². The van der Waals surface area contributed by atoms with E-state index in [4.69, 9.17) is 0 Å². The molecule has 0 aliphatic heterocycles. The lowest BCUT2D eigenvalue weighted by molar-refractivity contribution is 0.482. The molecular weight excluding hydrogens is 306 g/mol. The van der Waals surface area contributed by atoms with E-state index < -0.39 is 0 Å². The van der Waals surface area contributed by atoms with E-state index in [1.165, 1.54) is 0 Å². The molecule has 3 rings (SSSR count). The van der Waals surface area contributed by atoms with E-state index in [2.05, 4.69) is 20.9 Å². The molecule has 0 radical (unpaired) electrons. The number of hydrogen-bond donors (Lipinski definition) is 2. The van der Waals surface area contributed by atoms with Gasteiger partial charge in [0.1, 0.15) is 5.75 Å². The molecule has 0 aliphatic carbocycles. The Morgan fingerprint density at radius 2 is 1.79 bits per heavy atom. The monoisotopic (exact) mass is 315 g/mol. The Balaban J connectivity index is 2.39. The van der Waals surface area contributed by atoms with Crippen molar-refractivity contribution in [1.29, 1.82) is 0 Å². The molecule has 0 bridgehead atoms. The van der Waals surface area contributed by atoms with Gasteiger partial charge in [0, 0.05) is 9.86 Å². The van der Waals surface area contributed by atoms with Gasteiger partial charge in [0.25, 0.3) is 5.56 Å². The lowest BCUT2D eigenvalue weighted by atomic mass is 10.0. The zero-order valence-electron chi connectivity index (χ0n) is 9.85. The number of rotatable bonds is 1. The maximum absolute atomic E-state index is 12.1. The van der Waals surface area contributed by atoms with E-state index in [1.807, 2.05) is 24.3 Å². The van der Waals surface area contributed by atoms with Gasteiger partial charge < -0.3 is 10.1 Å². The second kappa shape index (κ2) is 4.55. The largest absolute Gasteiger partial charge is 0.506 e. The molecule has 0 spiro atoms. The number of hydrogen-bond acceptors (Lipinski definition) is 2. The third kappa shape index (κ3) is 2.04. The Morgan fingerprint density at radius 1 is 1.05 bits per heavy atom. The molecule has 3 nitrogen and oxygen atoms in total. The number of halogens is 1. The number of aromatic nitrogens is 1. The minimum absolute atomic E-state index is 0.0115. The van der Waals surface area contributed by atoms with Crippen molar-refractivity contribution in [1.82, 2.24) is 4.98 Å². The van der Waals surface area contributed by atoms with Crippen molar-refractivity contribution in [3.8, 4) is 16.9 Å². The van der Waals surface area contributed by atoms with Crippen LogP contribution in [-0.4, -0.2) is 10.1 Å². The summed E-state index contributed by atoms with van der Waals surface area (Å²) in [6.45, 7) is 0. The van der Waals surface area contributed by atoms with Gasteiger partial charge in [-0.25, -0.2) is 0 Å². The summed E-state index contributed by atoms with van der Waals surface area (Å²) in [6.07, 6.45) is 0. The summed E-state index contributed by atoms with van der Waals surface area (Å²) in [4.78, 5) is 14.9. The van der Waals surface area contributed by atoms with Gasteiger partial charge in [0.15, 0.2) is 0 Å². The molecule has 0 fully saturated rings. The fraction of sp³-hybridized carbons (Fsp3) is 0. The van der Waals surface area contributed by atoms with Gasteiger partial charge >= 0.3 is 0 Å². The zero-order chi connectivity index (χ0) is 13.4. The number of H-pyrrole nitrogens is 1. The minimum atomic E-state index is -0.297. The summed E-state index contributed by atoms with van der Waals surface area (Å²) in [5.41, 5.74) is 1.31. The fourth-order valence-electron chi connectivity index (χ4n) is 2.13. The summed E-state index contributed by atoms with van der Waals surface area (Å²) >= 11 is 3.34. The van der Waals surface area contributed by atoms with E-state index >= 15 is 0 Å². The smallest absolute Gasteiger partial charge is 0.260 e. The SMILES string of the molecule is O=c1[nH]c2cc(Br)ccc2c(O)c1-c1ccccc1. The molecule has 4 heteroatoms. The molecule has 0 unspecified atom stereocenters. The van der Waals surface area contributed by atoms with Crippen LogP contribution in [0.5, 0.6) is 5.75 Å². The predicted molar refractivity (Wildman–Crippen MR) is 79.4 cm³/mol. The van der Waals surface area contributed by atoms with Gasteiger partial charge in [-0.1, -0.05) is 46.3 Å². The third-order valence-electron chi connectivity index (χ3n) is 3.01.